The largest absolute Gasteiger partial charge is 0.380 e. The summed E-state index contributed by atoms with van der Waals surface area (Å²) in [6, 6.07) is 8.20. The van der Waals surface area contributed by atoms with E-state index in [1.807, 2.05) is 12.1 Å². The fourth-order valence-corrected chi connectivity index (χ4v) is 4.35. The van der Waals surface area contributed by atoms with Gasteiger partial charge in [-0.15, -0.1) is 0 Å². The van der Waals surface area contributed by atoms with E-state index in [1.165, 1.54) is 18.1 Å². The molecule has 1 heterocycles. The number of rotatable bonds is 4. The second-order valence-electron chi connectivity index (χ2n) is 5.59. The Morgan fingerprint density at radius 3 is 2.91 bits per heavy atom. The number of nitrogen functional groups attached to an aromatic ring is 1. The number of nitrogens with one attached hydrogen (secondary N) is 1. The Morgan fingerprint density at radius 2 is 2.18 bits per heavy atom. The van der Waals surface area contributed by atoms with Crippen molar-refractivity contribution in [3.8, 4) is 0 Å². The molecule has 6 nitrogen and oxygen atoms in total. The van der Waals surface area contributed by atoms with Crippen LogP contribution in [-0.4, -0.2) is 20.1 Å². The zero-order chi connectivity index (χ0) is 15.7. The van der Waals surface area contributed by atoms with Crippen molar-refractivity contribution in [2.45, 2.75) is 37.0 Å². The van der Waals surface area contributed by atoms with Crippen LogP contribution in [0.15, 0.2) is 33.7 Å². The lowest BCUT2D eigenvalue weighted by atomic mass is 9.83. The number of aromatic nitrogens is 1. The Bertz CT molecular complexity index is 764. The van der Waals surface area contributed by atoms with Crippen molar-refractivity contribution >= 4 is 15.8 Å². The highest BCUT2D eigenvalue weighted by atomic mass is 32.2. The molecular weight excluding hydrogens is 302 g/mol. The normalized spacial score (nSPS) is 18.1. The minimum Gasteiger partial charge on any atom is -0.380 e. The zero-order valence-corrected chi connectivity index (χ0v) is 13.2. The number of fused-ring (bicyclic) bond motifs is 1. The van der Waals surface area contributed by atoms with E-state index < -0.39 is 10.0 Å². The van der Waals surface area contributed by atoms with Gasteiger partial charge < -0.3 is 10.3 Å². The van der Waals surface area contributed by atoms with Crippen LogP contribution in [0.2, 0.25) is 0 Å². The molecule has 118 valence electrons. The van der Waals surface area contributed by atoms with E-state index in [-0.39, 0.29) is 22.4 Å². The average molecular weight is 321 g/mol. The summed E-state index contributed by atoms with van der Waals surface area (Å²) >= 11 is 0. The maximum Gasteiger partial charge on any atom is 0.247 e. The van der Waals surface area contributed by atoms with Crippen LogP contribution < -0.4 is 10.5 Å². The molecule has 22 heavy (non-hydrogen) atoms. The lowest BCUT2D eigenvalue weighted by Gasteiger charge is -2.25. The molecule has 1 atom stereocenters. The monoisotopic (exact) mass is 321 g/mol. The molecule has 1 aliphatic carbocycles. The first kappa shape index (κ1) is 15.1. The topological polar surface area (TPSA) is 98.2 Å². The molecule has 0 saturated heterocycles. The van der Waals surface area contributed by atoms with Gasteiger partial charge in [0.1, 0.15) is 0 Å². The number of hydrogen-bond donors (Lipinski definition) is 2. The van der Waals surface area contributed by atoms with Gasteiger partial charge in [0.2, 0.25) is 10.0 Å². The molecule has 0 fully saturated rings. The van der Waals surface area contributed by atoms with Crippen LogP contribution in [-0.2, 0) is 16.4 Å². The van der Waals surface area contributed by atoms with E-state index in [9.17, 15) is 8.42 Å². The Balaban J connectivity index is 1.79. The third-order valence-electron chi connectivity index (χ3n) is 4.12. The fraction of sp³-hybridized carbons (Fsp3) is 0.400. The van der Waals surface area contributed by atoms with Crippen molar-refractivity contribution in [3.05, 3.63) is 41.2 Å². The van der Waals surface area contributed by atoms with Gasteiger partial charge in [-0.3, -0.25) is 0 Å². The zero-order valence-electron chi connectivity index (χ0n) is 12.4. The number of aryl methyl sites for hydroxylation is 2. The van der Waals surface area contributed by atoms with Gasteiger partial charge in [0.05, 0.1) is 0 Å². The van der Waals surface area contributed by atoms with E-state index in [2.05, 4.69) is 22.0 Å². The highest BCUT2D eigenvalue weighted by Crippen LogP contribution is 2.31. The van der Waals surface area contributed by atoms with Crippen LogP contribution >= 0.6 is 0 Å². The van der Waals surface area contributed by atoms with Crippen LogP contribution in [0.25, 0.3) is 0 Å². The minimum absolute atomic E-state index is 0.0587. The van der Waals surface area contributed by atoms with Gasteiger partial charge in [0.25, 0.3) is 0 Å². The number of benzene rings is 1. The van der Waals surface area contributed by atoms with Gasteiger partial charge >= 0.3 is 0 Å². The number of nitrogens with zero attached hydrogens (tertiary/aromatic N) is 1. The third kappa shape index (κ3) is 2.74. The van der Waals surface area contributed by atoms with Gasteiger partial charge in [0, 0.05) is 6.54 Å². The second kappa shape index (κ2) is 5.73. The second-order valence-corrected chi connectivity index (χ2v) is 7.30. The summed E-state index contributed by atoms with van der Waals surface area (Å²) in [6.45, 7) is 1.89. The Hall–Kier alpha value is -1.86. The van der Waals surface area contributed by atoms with Crippen LogP contribution in [0, 0.1) is 6.92 Å². The Kier molecular flexibility index (Phi) is 3.92. The first-order chi connectivity index (χ1) is 10.5. The van der Waals surface area contributed by atoms with Gasteiger partial charge in [-0.25, -0.2) is 13.1 Å². The summed E-state index contributed by atoms with van der Waals surface area (Å²) in [4.78, 5) is -0.0587. The number of sulfonamides is 1. The van der Waals surface area contributed by atoms with E-state index in [4.69, 9.17) is 10.3 Å². The minimum atomic E-state index is -3.71. The maximum atomic E-state index is 12.4. The summed E-state index contributed by atoms with van der Waals surface area (Å²) in [5.41, 5.74) is 8.12. The van der Waals surface area contributed by atoms with Crippen LogP contribution in [0.1, 0.15) is 35.6 Å². The molecule has 7 heteroatoms. The lowest BCUT2D eigenvalue weighted by molar-refractivity contribution is 0.396. The van der Waals surface area contributed by atoms with Crippen molar-refractivity contribution in [1.82, 2.24) is 9.88 Å². The lowest BCUT2D eigenvalue weighted by Crippen LogP contribution is -2.30. The third-order valence-corrected chi connectivity index (χ3v) is 5.70. The summed E-state index contributed by atoms with van der Waals surface area (Å²) < 4.78 is 32.3. The molecule has 0 spiro atoms. The molecule has 3 rings (SSSR count). The van der Waals surface area contributed by atoms with E-state index in [0.29, 0.717) is 6.54 Å². The molecule has 0 amide bonds. The van der Waals surface area contributed by atoms with Gasteiger partial charge in [-0.1, -0.05) is 29.4 Å². The fourth-order valence-electron chi connectivity index (χ4n) is 3.06. The molecule has 0 aliphatic heterocycles. The van der Waals surface area contributed by atoms with Crippen molar-refractivity contribution < 1.29 is 12.9 Å². The summed E-state index contributed by atoms with van der Waals surface area (Å²) in [6.07, 6.45) is 3.09. The standard InChI is InChI=1S/C15H19N3O3S/c1-10-14(15(16)18-21-10)22(19,20)17-9-12-7-4-6-11-5-2-3-8-13(11)12/h2-3,5,8,12,17H,4,6-7,9H2,1H3,(H2,16,18). The highest BCUT2D eigenvalue weighted by Gasteiger charge is 2.27. The van der Waals surface area contributed by atoms with E-state index in [1.54, 1.807) is 0 Å². The van der Waals surface area contributed by atoms with Crippen molar-refractivity contribution in [2.75, 3.05) is 12.3 Å². The quantitative estimate of drug-likeness (QED) is 0.897. The Labute approximate surface area is 129 Å². The van der Waals surface area contributed by atoms with Crippen LogP contribution in [0.4, 0.5) is 5.82 Å². The van der Waals surface area contributed by atoms with Crippen molar-refractivity contribution in [3.63, 3.8) is 0 Å². The number of hydrogen-bond acceptors (Lipinski definition) is 5. The number of nitrogens with two attached hydrogens (primary N) is 1. The van der Waals surface area contributed by atoms with Crippen molar-refractivity contribution in [2.24, 2.45) is 0 Å². The molecule has 0 saturated carbocycles. The summed E-state index contributed by atoms with van der Waals surface area (Å²) in [5.74, 6) is 0.282. The molecule has 0 radical (unpaired) electrons. The molecule has 0 bridgehead atoms. The SMILES string of the molecule is Cc1onc(N)c1S(=O)(=O)NCC1CCCc2ccccc21. The van der Waals surface area contributed by atoms with Gasteiger partial charge in [-0.2, -0.15) is 0 Å². The van der Waals surface area contributed by atoms with Gasteiger partial charge in [-0.05, 0) is 43.2 Å². The number of anilines is 1. The highest BCUT2D eigenvalue weighted by molar-refractivity contribution is 7.89. The molecular formula is C15H19N3O3S. The first-order valence-electron chi connectivity index (χ1n) is 7.28. The molecule has 3 N–H and O–H groups in total. The van der Waals surface area contributed by atoms with E-state index >= 15 is 0 Å². The molecule has 1 aliphatic rings. The average Bonchev–Trinajstić information content (AvgIpc) is 2.85. The predicted octanol–water partition coefficient (Wildman–Crippen LogP) is 1.96. The smallest absolute Gasteiger partial charge is 0.247 e. The molecule has 1 aromatic carbocycles. The van der Waals surface area contributed by atoms with Gasteiger partial charge in [0.15, 0.2) is 16.5 Å². The molecule has 1 unspecified atom stereocenters. The Morgan fingerprint density at radius 1 is 1.41 bits per heavy atom. The molecule has 2 aromatic rings. The van der Waals surface area contributed by atoms with Crippen molar-refractivity contribution in [1.29, 1.82) is 0 Å². The summed E-state index contributed by atoms with van der Waals surface area (Å²) in [5, 5.41) is 3.50. The van der Waals surface area contributed by atoms with Crippen LogP contribution in [0.3, 0.4) is 0 Å². The molecule has 1 aromatic heterocycles. The summed E-state index contributed by atoms with van der Waals surface area (Å²) in [7, 11) is -3.71. The van der Waals surface area contributed by atoms with Crippen LogP contribution in [0.5, 0.6) is 0 Å². The first-order valence-corrected chi connectivity index (χ1v) is 8.76. The maximum absolute atomic E-state index is 12.4. The van der Waals surface area contributed by atoms with E-state index in [0.717, 1.165) is 19.3 Å². The predicted molar refractivity (Wildman–Crippen MR) is 83.0 cm³/mol.